The number of amides is 1. The van der Waals surface area contributed by atoms with Gasteiger partial charge in [-0.05, 0) is 51.0 Å². The topological polar surface area (TPSA) is 95.3 Å². The maximum atomic E-state index is 12.5. The molecule has 0 aliphatic rings. The Balaban J connectivity index is 1.59. The molecule has 0 unspecified atom stereocenters. The monoisotopic (exact) mass is 474 g/mol. The number of carbonyl (C=O) groups is 2. The second-order valence-electron chi connectivity index (χ2n) is 7.11. The smallest absolute Gasteiger partial charge is 0.341 e. The van der Waals surface area contributed by atoms with Gasteiger partial charge in [-0.15, -0.1) is 21.5 Å². The van der Waals surface area contributed by atoms with Crippen molar-refractivity contribution in [3.63, 3.8) is 0 Å². The van der Waals surface area contributed by atoms with Gasteiger partial charge in [0, 0.05) is 11.9 Å². The quantitative estimate of drug-likeness (QED) is 0.365. The number of nitrogens with zero attached hydrogens (tertiary/aromatic N) is 3. The summed E-state index contributed by atoms with van der Waals surface area (Å²) in [6, 6.07) is 7.78. The molecule has 2 heterocycles. The molecule has 0 fully saturated rings. The van der Waals surface area contributed by atoms with E-state index in [4.69, 9.17) is 9.47 Å². The zero-order valence-electron chi connectivity index (χ0n) is 18.7. The van der Waals surface area contributed by atoms with E-state index in [2.05, 4.69) is 15.5 Å². The molecule has 0 saturated carbocycles. The molecule has 1 aromatic carbocycles. The molecule has 1 amide bonds. The SMILES string of the molecule is CCOC(=O)c1c(NC(=O)CSc2nnc(COc3cccc(C)c3)n2C)sc(C)c1C. The third-order valence-electron chi connectivity index (χ3n) is 4.73. The molecule has 170 valence electrons. The number of hydrogen-bond donors (Lipinski definition) is 1. The molecule has 0 saturated heterocycles. The number of benzene rings is 1. The van der Waals surface area contributed by atoms with Crippen molar-refractivity contribution in [2.24, 2.45) is 7.05 Å². The van der Waals surface area contributed by atoms with E-state index >= 15 is 0 Å². The summed E-state index contributed by atoms with van der Waals surface area (Å²) in [6.07, 6.45) is 0. The lowest BCUT2D eigenvalue weighted by Gasteiger charge is -2.08. The van der Waals surface area contributed by atoms with Gasteiger partial charge in [0.25, 0.3) is 0 Å². The number of anilines is 1. The molecule has 0 radical (unpaired) electrons. The maximum Gasteiger partial charge on any atom is 0.341 e. The van der Waals surface area contributed by atoms with Crippen LogP contribution < -0.4 is 10.1 Å². The number of hydrogen-bond acceptors (Lipinski definition) is 8. The molecule has 3 aromatic rings. The van der Waals surface area contributed by atoms with Crippen LogP contribution >= 0.6 is 23.1 Å². The van der Waals surface area contributed by atoms with Gasteiger partial charge in [-0.3, -0.25) is 4.79 Å². The zero-order chi connectivity index (χ0) is 23.3. The number of aryl methyl sites for hydroxylation is 2. The number of thiophene rings is 1. The second-order valence-corrected chi connectivity index (χ2v) is 9.27. The van der Waals surface area contributed by atoms with Gasteiger partial charge in [0.15, 0.2) is 11.0 Å². The van der Waals surface area contributed by atoms with E-state index in [1.165, 1.54) is 23.1 Å². The highest BCUT2D eigenvalue weighted by molar-refractivity contribution is 7.99. The minimum Gasteiger partial charge on any atom is -0.486 e. The van der Waals surface area contributed by atoms with Crippen molar-refractivity contribution in [1.29, 1.82) is 0 Å². The summed E-state index contributed by atoms with van der Waals surface area (Å²) in [5.41, 5.74) is 2.36. The summed E-state index contributed by atoms with van der Waals surface area (Å²) in [5.74, 6) is 0.887. The van der Waals surface area contributed by atoms with Crippen LogP contribution in [-0.2, 0) is 23.2 Å². The molecule has 32 heavy (non-hydrogen) atoms. The van der Waals surface area contributed by atoms with Crippen LogP contribution in [0.15, 0.2) is 29.4 Å². The molecular formula is C22H26N4O4S2. The summed E-state index contributed by atoms with van der Waals surface area (Å²) in [6.45, 7) is 8.07. The van der Waals surface area contributed by atoms with Crippen LogP contribution in [0.25, 0.3) is 0 Å². The molecule has 0 spiro atoms. The minimum atomic E-state index is -0.427. The van der Waals surface area contributed by atoms with Gasteiger partial charge in [0.2, 0.25) is 5.91 Å². The number of esters is 1. The van der Waals surface area contributed by atoms with Crippen molar-refractivity contribution in [1.82, 2.24) is 14.8 Å². The first-order valence-corrected chi connectivity index (χ1v) is 11.9. The molecule has 0 aliphatic heterocycles. The van der Waals surface area contributed by atoms with Gasteiger partial charge in [-0.1, -0.05) is 23.9 Å². The highest BCUT2D eigenvalue weighted by Crippen LogP contribution is 2.33. The van der Waals surface area contributed by atoms with Gasteiger partial charge in [0.1, 0.15) is 17.4 Å². The van der Waals surface area contributed by atoms with Gasteiger partial charge in [0.05, 0.1) is 17.9 Å². The Morgan fingerprint density at radius 2 is 2.00 bits per heavy atom. The third kappa shape index (κ3) is 5.68. The van der Waals surface area contributed by atoms with Crippen molar-refractivity contribution < 1.29 is 19.1 Å². The molecule has 0 aliphatic carbocycles. The summed E-state index contributed by atoms with van der Waals surface area (Å²) in [7, 11) is 1.83. The van der Waals surface area contributed by atoms with Crippen LogP contribution in [-0.4, -0.2) is 39.0 Å². The number of ether oxygens (including phenoxy) is 2. The van der Waals surface area contributed by atoms with Crippen molar-refractivity contribution in [3.8, 4) is 5.75 Å². The summed E-state index contributed by atoms with van der Waals surface area (Å²) in [5, 5.41) is 12.3. The predicted molar refractivity (Wildman–Crippen MR) is 126 cm³/mol. The maximum absolute atomic E-state index is 12.5. The fourth-order valence-corrected chi connectivity index (χ4v) is 4.70. The molecular weight excluding hydrogens is 448 g/mol. The Bertz CT molecular complexity index is 1120. The summed E-state index contributed by atoms with van der Waals surface area (Å²) in [4.78, 5) is 25.8. The van der Waals surface area contributed by atoms with Crippen LogP contribution in [0.5, 0.6) is 5.75 Å². The average Bonchev–Trinajstić information content (AvgIpc) is 3.23. The average molecular weight is 475 g/mol. The normalized spacial score (nSPS) is 10.8. The number of thioether (sulfide) groups is 1. The Labute approximate surface area is 195 Å². The van der Waals surface area contributed by atoms with Gasteiger partial charge in [-0.25, -0.2) is 4.79 Å². The first-order chi connectivity index (χ1) is 15.3. The first-order valence-electron chi connectivity index (χ1n) is 10.1. The molecule has 0 bridgehead atoms. The van der Waals surface area contributed by atoms with E-state index in [0.29, 0.717) is 21.5 Å². The van der Waals surface area contributed by atoms with Crippen LogP contribution in [0.2, 0.25) is 0 Å². The second kappa shape index (κ2) is 10.6. The lowest BCUT2D eigenvalue weighted by molar-refractivity contribution is -0.113. The molecule has 1 N–H and O–H groups in total. The Hall–Kier alpha value is -2.85. The van der Waals surface area contributed by atoms with E-state index in [-0.39, 0.29) is 24.9 Å². The van der Waals surface area contributed by atoms with E-state index in [0.717, 1.165) is 21.8 Å². The summed E-state index contributed by atoms with van der Waals surface area (Å²) >= 11 is 2.63. The van der Waals surface area contributed by atoms with E-state index in [1.54, 1.807) is 11.5 Å². The Morgan fingerprint density at radius 3 is 2.72 bits per heavy atom. The lowest BCUT2D eigenvalue weighted by Crippen LogP contribution is -2.16. The molecule has 3 rings (SSSR count). The standard InChI is InChI=1S/C22H26N4O4S2/c1-6-29-21(28)19-14(3)15(4)32-20(19)23-18(27)12-31-22-25-24-17(26(22)5)11-30-16-9-7-8-13(2)10-16/h7-10H,6,11-12H2,1-5H3,(H,23,27). The number of carbonyl (C=O) groups excluding carboxylic acids is 2. The number of nitrogens with one attached hydrogen (secondary N) is 1. The van der Waals surface area contributed by atoms with Gasteiger partial charge in [-0.2, -0.15) is 0 Å². The van der Waals surface area contributed by atoms with E-state index in [9.17, 15) is 9.59 Å². The van der Waals surface area contributed by atoms with Crippen molar-refractivity contribution in [3.05, 3.63) is 51.7 Å². The minimum absolute atomic E-state index is 0.128. The molecule has 0 atom stereocenters. The fourth-order valence-electron chi connectivity index (χ4n) is 2.91. The molecule has 10 heteroatoms. The number of rotatable bonds is 9. The highest BCUT2D eigenvalue weighted by atomic mass is 32.2. The summed E-state index contributed by atoms with van der Waals surface area (Å²) < 4.78 is 12.7. The zero-order valence-corrected chi connectivity index (χ0v) is 20.4. The van der Waals surface area contributed by atoms with Gasteiger partial charge < -0.3 is 19.4 Å². The fraction of sp³-hybridized carbons (Fsp3) is 0.364. The van der Waals surface area contributed by atoms with Crippen LogP contribution in [0.4, 0.5) is 5.00 Å². The van der Waals surface area contributed by atoms with E-state index < -0.39 is 5.97 Å². The molecule has 2 aromatic heterocycles. The highest BCUT2D eigenvalue weighted by Gasteiger charge is 2.22. The molecule has 8 nitrogen and oxygen atoms in total. The van der Waals surface area contributed by atoms with Crippen LogP contribution in [0.3, 0.4) is 0 Å². The predicted octanol–water partition coefficient (Wildman–Crippen LogP) is 4.29. The van der Waals surface area contributed by atoms with Crippen molar-refractivity contribution in [2.75, 3.05) is 17.7 Å². The lowest BCUT2D eigenvalue weighted by atomic mass is 10.1. The first kappa shape index (κ1) is 23.8. The largest absolute Gasteiger partial charge is 0.486 e. The van der Waals surface area contributed by atoms with Crippen molar-refractivity contribution >= 4 is 40.0 Å². The van der Waals surface area contributed by atoms with E-state index in [1.807, 2.05) is 52.1 Å². The van der Waals surface area contributed by atoms with Crippen LogP contribution in [0.1, 0.15) is 39.1 Å². The number of aromatic nitrogens is 3. The van der Waals surface area contributed by atoms with Crippen molar-refractivity contribution in [2.45, 2.75) is 39.5 Å². The third-order valence-corrected chi connectivity index (χ3v) is 6.88. The van der Waals surface area contributed by atoms with Crippen LogP contribution in [0, 0.1) is 20.8 Å². The Morgan fingerprint density at radius 1 is 1.22 bits per heavy atom. The Kier molecular flexibility index (Phi) is 7.92. The van der Waals surface area contributed by atoms with Gasteiger partial charge >= 0.3 is 5.97 Å².